The van der Waals surface area contributed by atoms with E-state index in [1.807, 2.05) is 42.5 Å². The lowest BCUT2D eigenvalue weighted by Gasteiger charge is -2.05. The van der Waals surface area contributed by atoms with Gasteiger partial charge in [-0.1, -0.05) is 35.9 Å². The van der Waals surface area contributed by atoms with Crippen LogP contribution in [-0.2, 0) is 6.42 Å². The van der Waals surface area contributed by atoms with E-state index in [2.05, 4.69) is 16.8 Å². The van der Waals surface area contributed by atoms with Crippen molar-refractivity contribution in [3.63, 3.8) is 0 Å². The summed E-state index contributed by atoms with van der Waals surface area (Å²) in [5.74, 6) is 0. The van der Waals surface area contributed by atoms with Gasteiger partial charge in [0.05, 0.1) is 6.57 Å². The van der Waals surface area contributed by atoms with Crippen LogP contribution in [0.25, 0.3) is 15.7 Å². The molecule has 0 aliphatic rings. The molecule has 3 rings (SSSR count). The Bertz CT molecular complexity index is 825. The largest absolute Gasteiger partial charge is 0.358 e. The number of aromatic amines is 1. The summed E-state index contributed by atoms with van der Waals surface area (Å²) in [6.45, 7) is 9.32. The maximum Gasteiger partial charge on any atom is 0.190 e. The molecule has 20 heavy (non-hydrogen) atoms. The van der Waals surface area contributed by atoms with Crippen molar-refractivity contribution in [3.05, 3.63) is 75.7 Å². The number of hydrogen-bond donors (Lipinski definition) is 1. The van der Waals surface area contributed by atoms with E-state index in [-0.39, 0.29) is 0 Å². The first kappa shape index (κ1) is 12.8. The van der Waals surface area contributed by atoms with Crippen LogP contribution in [0.4, 0.5) is 5.69 Å². The van der Waals surface area contributed by atoms with Crippen molar-refractivity contribution in [2.45, 2.75) is 13.3 Å². The summed E-state index contributed by atoms with van der Waals surface area (Å²) in [6, 6.07) is 13.6. The Morgan fingerprint density at radius 1 is 1.20 bits per heavy atom. The molecular weight excluding hydrogens is 268 g/mol. The van der Waals surface area contributed by atoms with Gasteiger partial charge in [-0.2, -0.15) is 0 Å². The van der Waals surface area contributed by atoms with Gasteiger partial charge in [-0.15, -0.1) is 0 Å². The molecule has 3 heteroatoms. The number of nitrogens with zero attached hydrogens (tertiary/aromatic N) is 1. The number of hydrogen-bond acceptors (Lipinski definition) is 0. The summed E-state index contributed by atoms with van der Waals surface area (Å²) < 4.78 is 0. The summed E-state index contributed by atoms with van der Waals surface area (Å²) in [5.41, 5.74) is 5.18. The number of benzene rings is 2. The van der Waals surface area contributed by atoms with Gasteiger partial charge in [-0.05, 0) is 42.7 Å². The van der Waals surface area contributed by atoms with Crippen LogP contribution in [-0.4, -0.2) is 4.98 Å². The lowest BCUT2D eigenvalue weighted by atomic mass is 10.0. The summed E-state index contributed by atoms with van der Waals surface area (Å²) in [5, 5.41) is 1.87. The molecule has 0 amide bonds. The number of aromatic nitrogens is 1. The van der Waals surface area contributed by atoms with Gasteiger partial charge in [-0.25, -0.2) is 4.85 Å². The first-order chi connectivity index (χ1) is 9.69. The van der Waals surface area contributed by atoms with Crippen molar-refractivity contribution in [3.8, 4) is 0 Å². The van der Waals surface area contributed by atoms with E-state index in [1.165, 1.54) is 5.56 Å². The van der Waals surface area contributed by atoms with Gasteiger partial charge < -0.3 is 4.98 Å². The second-order valence-corrected chi connectivity index (χ2v) is 5.27. The van der Waals surface area contributed by atoms with Gasteiger partial charge in [0, 0.05) is 21.6 Å². The summed E-state index contributed by atoms with van der Waals surface area (Å²) in [6.07, 6.45) is 0.741. The molecule has 0 aliphatic carbocycles. The van der Waals surface area contributed by atoms with Crippen molar-refractivity contribution < 1.29 is 0 Å². The first-order valence-corrected chi connectivity index (χ1v) is 6.79. The van der Waals surface area contributed by atoms with Crippen molar-refractivity contribution >= 4 is 28.2 Å². The number of rotatable bonds is 2. The molecule has 0 spiro atoms. The molecule has 0 atom stereocenters. The summed E-state index contributed by atoms with van der Waals surface area (Å²) >= 11 is 6.10. The van der Waals surface area contributed by atoms with Gasteiger partial charge >= 0.3 is 0 Å². The number of aryl methyl sites for hydroxylation is 1. The highest BCUT2D eigenvalue weighted by Crippen LogP contribution is 2.30. The maximum absolute atomic E-state index is 7.26. The molecule has 0 aliphatic heterocycles. The van der Waals surface area contributed by atoms with Crippen LogP contribution < -0.4 is 0 Å². The molecular formula is C17H13ClN2. The Morgan fingerprint density at radius 3 is 2.80 bits per heavy atom. The third-order valence-electron chi connectivity index (χ3n) is 3.56. The Balaban J connectivity index is 2.13. The van der Waals surface area contributed by atoms with Crippen LogP contribution in [0.1, 0.15) is 16.8 Å². The average Bonchev–Trinajstić information content (AvgIpc) is 2.76. The van der Waals surface area contributed by atoms with E-state index in [4.69, 9.17) is 18.2 Å². The number of para-hydroxylation sites is 1. The molecule has 0 unspecified atom stereocenters. The highest BCUT2D eigenvalue weighted by Gasteiger charge is 2.11. The molecule has 1 aromatic heterocycles. The van der Waals surface area contributed by atoms with E-state index < -0.39 is 0 Å². The smallest absolute Gasteiger partial charge is 0.190 e. The van der Waals surface area contributed by atoms with E-state index >= 15 is 0 Å². The minimum absolute atomic E-state index is 0.711. The SMILES string of the molecule is [C-]#[N+]c1ccccc1Cc1c(C)[nH]c2ccc(Cl)cc12. The highest BCUT2D eigenvalue weighted by atomic mass is 35.5. The predicted molar refractivity (Wildman–Crippen MR) is 83.6 cm³/mol. The first-order valence-electron chi connectivity index (χ1n) is 6.41. The molecule has 0 saturated carbocycles. The number of fused-ring (bicyclic) bond motifs is 1. The predicted octanol–water partition coefficient (Wildman–Crippen LogP) is 5.27. The molecule has 1 heterocycles. The minimum Gasteiger partial charge on any atom is -0.358 e. The Kier molecular flexibility index (Phi) is 3.22. The zero-order chi connectivity index (χ0) is 14.1. The second-order valence-electron chi connectivity index (χ2n) is 4.84. The standard InChI is InChI=1S/C17H13ClN2/c1-11-14(9-12-5-3-4-6-16(12)19-2)15-10-13(18)7-8-17(15)20-11/h3-8,10,20H,9H2,1H3. The molecule has 0 radical (unpaired) electrons. The van der Waals surface area contributed by atoms with Gasteiger partial charge in [-0.3, -0.25) is 0 Å². The van der Waals surface area contributed by atoms with Crippen molar-refractivity contribution in [2.75, 3.05) is 0 Å². The molecule has 98 valence electrons. The second kappa shape index (κ2) is 5.03. The van der Waals surface area contributed by atoms with Crippen molar-refractivity contribution in [2.24, 2.45) is 0 Å². The summed E-state index contributed by atoms with van der Waals surface area (Å²) in [4.78, 5) is 6.97. The summed E-state index contributed by atoms with van der Waals surface area (Å²) in [7, 11) is 0. The molecule has 0 bridgehead atoms. The molecule has 0 fully saturated rings. The van der Waals surface area contributed by atoms with E-state index in [0.717, 1.165) is 33.6 Å². The Labute approximate surface area is 122 Å². The van der Waals surface area contributed by atoms with E-state index in [1.54, 1.807) is 0 Å². The molecule has 2 nitrogen and oxygen atoms in total. The zero-order valence-electron chi connectivity index (χ0n) is 11.1. The number of nitrogens with one attached hydrogen (secondary N) is 1. The Morgan fingerprint density at radius 2 is 2.00 bits per heavy atom. The normalized spacial score (nSPS) is 10.7. The van der Waals surface area contributed by atoms with Gasteiger partial charge in [0.15, 0.2) is 5.69 Å². The van der Waals surface area contributed by atoms with Crippen LogP contribution in [0.5, 0.6) is 0 Å². The van der Waals surface area contributed by atoms with Crippen molar-refractivity contribution in [1.29, 1.82) is 0 Å². The minimum atomic E-state index is 0.711. The van der Waals surface area contributed by atoms with E-state index in [0.29, 0.717) is 5.69 Å². The topological polar surface area (TPSA) is 20.1 Å². The lowest BCUT2D eigenvalue weighted by Crippen LogP contribution is -1.90. The van der Waals surface area contributed by atoms with Gasteiger partial charge in [0.1, 0.15) is 0 Å². The van der Waals surface area contributed by atoms with Crippen LogP contribution in [0.2, 0.25) is 5.02 Å². The van der Waals surface area contributed by atoms with Crippen LogP contribution >= 0.6 is 11.6 Å². The average molecular weight is 281 g/mol. The number of H-pyrrole nitrogens is 1. The lowest BCUT2D eigenvalue weighted by molar-refractivity contribution is 1.15. The van der Waals surface area contributed by atoms with Crippen LogP contribution in [0, 0.1) is 13.5 Å². The fraction of sp³-hybridized carbons (Fsp3) is 0.118. The Hall–Kier alpha value is -2.24. The van der Waals surface area contributed by atoms with Gasteiger partial charge in [0.25, 0.3) is 0 Å². The molecule has 0 saturated heterocycles. The quantitative estimate of drug-likeness (QED) is 0.617. The van der Waals surface area contributed by atoms with E-state index in [9.17, 15) is 0 Å². The monoisotopic (exact) mass is 280 g/mol. The molecule has 1 N–H and O–H groups in total. The van der Waals surface area contributed by atoms with Crippen LogP contribution in [0.15, 0.2) is 42.5 Å². The highest BCUT2D eigenvalue weighted by molar-refractivity contribution is 6.31. The third kappa shape index (κ3) is 2.17. The zero-order valence-corrected chi connectivity index (χ0v) is 11.8. The van der Waals surface area contributed by atoms with Crippen LogP contribution in [0.3, 0.4) is 0 Å². The third-order valence-corrected chi connectivity index (χ3v) is 3.80. The molecule has 3 aromatic rings. The van der Waals surface area contributed by atoms with Crippen molar-refractivity contribution in [1.82, 2.24) is 4.98 Å². The fourth-order valence-corrected chi connectivity index (χ4v) is 2.71. The van der Waals surface area contributed by atoms with Gasteiger partial charge in [0.2, 0.25) is 0 Å². The number of halogens is 1. The fourth-order valence-electron chi connectivity index (χ4n) is 2.54. The maximum atomic E-state index is 7.26. The molecule has 2 aromatic carbocycles.